The van der Waals surface area contributed by atoms with Gasteiger partial charge in [0.2, 0.25) is 20.0 Å². The molecule has 1 aliphatic heterocycles. The minimum Gasteiger partial charge on any atom is -0.379 e. The van der Waals surface area contributed by atoms with Crippen molar-refractivity contribution in [2.24, 2.45) is 5.92 Å². The number of hydrogen-bond acceptors (Lipinski definition) is 6. The predicted octanol–water partition coefficient (Wildman–Crippen LogP) is 0.550. The smallest absolute Gasteiger partial charge is 0.242 e. The van der Waals surface area contributed by atoms with Crippen LogP contribution in [0.15, 0.2) is 11.0 Å². The van der Waals surface area contributed by atoms with Gasteiger partial charge in [-0.3, -0.25) is 0 Å². The van der Waals surface area contributed by atoms with Gasteiger partial charge in [-0.15, -0.1) is 11.3 Å². The molecule has 1 aliphatic rings. The zero-order chi connectivity index (χ0) is 17.4. The van der Waals surface area contributed by atoms with E-state index in [0.717, 1.165) is 9.18 Å². The topological polar surface area (TPSA) is 92.8 Å². The van der Waals surface area contributed by atoms with E-state index in [-0.39, 0.29) is 23.9 Å². The van der Waals surface area contributed by atoms with Crippen molar-refractivity contribution in [2.45, 2.75) is 24.8 Å². The number of sulfonamides is 2. The molecule has 2 atom stereocenters. The summed E-state index contributed by atoms with van der Waals surface area (Å²) in [6, 6.07) is 1.08. The van der Waals surface area contributed by atoms with Gasteiger partial charge in [0.05, 0.1) is 29.9 Å². The maximum Gasteiger partial charge on any atom is 0.242 e. The van der Waals surface area contributed by atoms with Crippen molar-refractivity contribution in [3.05, 3.63) is 15.8 Å². The van der Waals surface area contributed by atoms with Gasteiger partial charge in [-0.2, -0.15) is 0 Å². The molecule has 0 spiro atoms. The number of thiophene rings is 1. The second-order valence-corrected chi connectivity index (χ2v) is 11.2. The Labute approximate surface area is 141 Å². The Bertz CT molecular complexity index is 768. The third-order valence-electron chi connectivity index (χ3n) is 3.77. The number of rotatable bonds is 6. The summed E-state index contributed by atoms with van der Waals surface area (Å²) >= 11 is 1.42. The molecule has 0 amide bonds. The fraction of sp³-hybridized carbons (Fsp3) is 0.692. The number of aryl methyl sites for hydroxylation is 2. The van der Waals surface area contributed by atoms with Crippen molar-refractivity contribution in [1.29, 1.82) is 0 Å². The molecule has 0 aliphatic carbocycles. The molecule has 0 unspecified atom stereocenters. The number of nitrogens with zero attached hydrogens (tertiary/aromatic N) is 1. The third kappa shape index (κ3) is 4.31. The van der Waals surface area contributed by atoms with E-state index in [1.165, 1.54) is 25.4 Å². The van der Waals surface area contributed by atoms with Crippen LogP contribution < -0.4 is 4.72 Å². The maximum atomic E-state index is 12.5. The summed E-state index contributed by atoms with van der Waals surface area (Å²) in [7, 11) is -4.19. The molecule has 1 fully saturated rings. The van der Waals surface area contributed by atoms with E-state index in [0.29, 0.717) is 4.88 Å². The number of ether oxygens (including phenoxy) is 1. The van der Waals surface area contributed by atoms with Gasteiger partial charge in [0.15, 0.2) is 0 Å². The average molecular weight is 383 g/mol. The highest BCUT2D eigenvalue weighted by Crippen LogP contribution is 2.26. The Morgan fingerprint density at radius 3 is 2.43 bits per heavy atom. The van der Waals surface area contributed by atoms with Crippen molar-refractivity contribution in [3.63, 3.8) is 0 Å². The van der Waals surface area contributed by atoms with Crippen LogP contribution in [0.3, 0.4) is 0 Å². The fourth-order valence-electron chi connectivity index (χ4n) is 2.45. The molecule has 0 aromatic carbocycles. The zero-order valence-electron chi connectivity index (χ0n) is 13.6. The fourth-order valence-corrected chi connectivity index (χ4v) is 6.46. The number of hydrogen-bond donors (Lipinski definition) is 1. The highest BCUT2D eigenvalue weighted by atomic mass is 32.2. The van der Waals surface area contributed by atoms with Gasteiger partial charge in [0, 0.05) is 29.8 Å². The van der Waals surface area contributed by atoms with Crippen molar-refractivity contribution in [2.75, 3.05) is 33.1 Å². The Kier molecular flexibility index (Phi) is 5.54. The van der Waals surface area contributed by atoms with E-state index in [4.69, 9.17) is 4.74 Å². The summed E-state index contributed by atoms with van der Waals surface area (Å²) < 4.78 is 58.2. The van der Waals surface area contributed by atoms with Gasteiger partial charge in [-0.1, -0.05) is 0 Å². The first-order valence-electron chi connectivity index (χ1n) is 7.10. The van der Waals surface area contributed by atoms with E-state index in [1.807, 2.05) is 6.92 Å². The Morgan fingerprint density at radius 2 is 1.91 bits per heavy atom. The lowest BCUT2D eigenvalue weighted by atomic mass is 10.1. The summed E-state index contributed by atoms with van der Waals surface area (Å²) in [6.45, 7) is 4.00. The van der Waals surface area contributed by atoms with Crippen molar-refractivity contribution < 1.29 is 21.6 Å². The zero-order valence-corrected chi connectivity index (χ0v) is 16.0. The van der Waals surface area contributed by atoms with Crippen LogP contribution in [0.1, 0.15) is 9.75 Å². The molecule has 132 valence electrons. The van der Waals surface area contributed by atoms with Crippen LogP contribution in [0.5, 0.6) is 0 Å². The first-order valence-corrected chi connectivity index (χ1v) is 11.0. The van der Waals surface area contributed by atoms with Gasteiger partial charge in [-0.05, 0) is 19.9 Å². The monoisotopic (exact) mass is 382 g/mol. The maximum absolute atomic E-state index is 12.5. The largest absolute Gasteiger partial charge is 0.379 e. The Hall–Kier alpha value is -0.520. The highest BCUT2D eigenvalue weighted by molar-refractivity contribution is 7.90. The SMILES string of the molecule is Cc1cc(S(=O)(=O)N[C@H]2COC[C@H]2CS(=O)(=O)N(C)C)c(C)s1. The third-order valence-corrected chi connectivity index (χ3v) is 8.44. The van der Waals surface area contributed by atoms with E-state index in [2.05, 4.69) is 4.72 Å². The molecular weight excluding hydrogens is 360 g/mol. The molecule has 2 heterocycles. The summed E-state index contributed by atoms with van der Waals surface area (Å²) in [5.41, 5.74) is 0. The van der Waals surface area contributed by atoms with E-state index >= 15 is 0 Å². The van der Waals surface area contributed by atoms with Crippen LogP contribution in [-0.2, 0) is 24.8 Å². The molecule has 1 aromatic heterocycles. The molecule has 2 rings (SSSR count). The van der Waals surface area contributed by atoms with E-state index in [1.54, 1.807) is 13.0 Å². The van der Waals surface area contributed by atoms with Crippen LogP contribution in [0.4, 0.5) is 0 Å². The second kappa shape index (κ2) is 6.77. The Balaban J connectivity index is 2.17. The highest BCUT2D eigenvalue weighted by Gasteiger charge is 2.36. The average Bonchev–Trinajstić information content (AvgIpc) is 2.95. The molecule has 1 aromatic rings. The molecule has 0 bridgehead atoms. The molecule has 7 nitrogen and oxygen atoms in total. The van der Waals surface area contributed by atoms with Gasteiger partial charge in [0.25, 0.3) is 0 Å². The lowest BCUT2D eigenvalue weighted by Crippen LogP contribution is -2.43. The van der Waals surface area contributed by atoms with Crippen LogP contribution >= 0.6 is 11.3 Å². The molecule has 1 N–H and O–H groups in total. The van der Waals surface area contributed by atoms with Crippen LogP contribution in [0.25, 0.3) is 0 Å². The first kappa shape index (κ1) is 18.8. The van der Waals surface area contributed by atoms with Crippen LogP contribution in [-0.4, -0.2) is 60.2 Å². The van der Waals surface area contributed by atoms with Crippen molar-refractivity contribution in [1.82, 2.24) is 9.03 Å². The minimum absolute atomic E-state index is 0.144. The molecular formula is C13H22N2O5S3. The van der Waals surface area contributed by atoms with Gasteiger partial charge < -0.3 is 4.74 Å². The van der Waals surface area contributed by atoms with E-state index < -0.39 is 32.0 Å². The standard InChI is InChI=1S/C13H22N2O5S3/c1-9-5-13(10(2)21-9)23(18,19)14-12-7-20-6-11(12)8-22(16,17)15(3)4/h5,11-12,14H,6-8H2,1-4H3/t11-,12-/m0/s1. The minimum atomic E-state index is -3.69. The predicted molar refractivity (Wildman–Crippen MR) is 89.7 cm³/mol. The van der Waals surface area contributed by atoms with Crippen molar-refractivity contribution in [3.8, 4) is 0 Å². The van der Waals surface area contributed by atoms with Gasteiger partial charge in [-0.25, -0.2) is 25.9 Å². The van der Waals surface area contributed by atoms with Crippen LogP contribution in [0.2, 0.25) is 0 Å². The number of nitrogens with one attached hydrogen (secondary N) is 1. The molecule has 0 radical (unpaired) electrons. The lowest BCUT2D eigenvalue weighted by molar-refractivity contribution is 0.185. The molecule has 0 saturated carbocycles. The summed E-state index contributed by atoms with van der Waals surface area (Å²) in [6.07, 6.45) is 0. The normalized spacial score (nSPS) is 22.8. The van der Waals surface area contributed by atoms with Crippen LogP contribution in [0, 0.1) is 19.8 Å². The molecule has 10 heteroatoms. The summed E-state index contributed by atoms with van der Waals surface area (Å²) in [5, 5.41) is 0. The molecule has 1 saturated heterocycles. The first-order chi connectivity index (χ1) is 10.5. The Morgan fingerprint density at radius 1 is 1.26 bits per heavy atom. The lowest BCUT2D eigenvalue weighted by Gasteiger charge is -2.20. The summed E-state index contributed by atoms with van der Waals surface area (Å²) in [4.78, 5) is 1.88. The quantitative estimate of drug-likeness (QED) is 0.776. The summed E-state index contributed by atoms with van der Waals surface area (Å²) in [5.74, 6) is -0.549. The second-order valence-electron chi connectivity index (χ2n) is 5.86. The molecule has 23 heavy (non-hydrogen) atoms. The van der Waals surface area contributed by atoms with E-state index in [9.17, 15) is 16.8 Å². The van der Waals surface area contributed by atoms with Crippen molar-refractivity contribution >= 4 is 31.4 Å². The van der Waals surface area contributed by atoms with Gasteiger partial charge >= 0.3 is 0 Å². The van der Waals surface area contributed by atoms with Gasteiger partial charge in [0.1, 0.15) is 0 Å².